The predicted molar refractivity (Wildman–Crippen MR) is 96.1 cm³/mol. The van der Waals surface area contributed by atoms with Crippen LogP contribution in [0.3, 0.4) is 0 Å². The van der Waals surface area contributed by atoms with Crippen molar-refractivity contribution in [3.05, 3.63) is 60.2 Å². The molecular formula is C18H15F2NO5S2. The highest BCUT2D eigenvalue weighted by atomic mass is 32.2. The molecule has 1 heterocycles. The molecule has 28 heavy (non-hydrogen) atoms. The normalized spacial score (nSPS) is 12.2. The van der Waals surface area contributed by atoms with Crippen LogP contribution in [0.25, 0.3) is 11.5 Å². The van der Waals surface area contributed by atoms with Gasteiger partial charge in [0.1, 0.15) is 0 Å². The number of aromatic nitrogens is 1. The number of rotatable bonds is 6. The Kier molecular flexibility index (Phi) is 5.35. The first kappa shape index (κ1) is 20.2. The molecule has 0 bridgehead atoms. The minimum Gasteiger partial charge on any atom is -0.423 e. The second-order valence-electron chi connectivity index (χ2n) is 5.88. The van der Waals surface area contributed by atoms with Crippen LogP contribution >= 0.6 is 0 Å². The Bertz CT molecular complexity index is 1220. The molecule has 0 radical (unpaired) electrons. The summed E-state index contributed by atoms with van der Waals surface area (Å²) in [5.74, 6) is -3.19. The topological polar surface area (TPSA) is 94.3 Å². The molecule has 0 saturated heterocycles. The maximum absolute atomic E-state index is 13.5. The molecule has 3 aromatic rings. The molecule has 148 valence electrons. The number of sulfone groups is 2. The molecule has 0 amide bonds. The molecule has 0 saturated carbocycles. The minimum atomic E-state index is -4.59. The third-order valence-corrected chi connectivity index (χ3v) is 7.38. The maximum Gasteiger partial charge on any atom is 0.258 e. The average Bonchev–Trinajstić information content (AvgIpc) is 3.12. The van der Waals surface area contributed by atoms with Gasteiger partial charge in [-0.15, -0.1) is 0 Å². The van der Waals surface area contributed by atoms with Crippen molar-refractivity contribution < 1.29 is 30.0 Å². The highest BCUT2D eigenvalue weighted by Gasteiger charge is 2.35. The van der Waals surface area contributed by atoms with Crippen LogP contribution in [0.2, 0.25) is 0 Å². The number of hydrogen-bond donors (Lipinski definition) is 0. The summed E-state index contributed by atoms with van der Waals surface area (Å²) in [4.78, 5) is 3.25. The van der Waals surface area contributed by atoms with E-state index in [4.69, 9.17) is 4.42 Å². The summed E-state index contributed by atoms with van der Waals surface area (Å²) in [6.45, 7) is 1.61. The van der Waals surface area contributed by atoms with E-state index in [-0.39, 0.29) is 18.1 Å². The van der Waals surface area contributed by atoms with Crippen molar-refractivity contribution >= 4 is 19.7 Å². The largest absolute Gasteiger partial charge is 0.423 e. The average molecular weight is 427 g/mol. The Morgan fingerprint density at radius 3 is 2.25 bits per heavy atom. The van der Waals surface area contributed by atoms with E-state index >= 15 is 0 Å². The van der Waals surface area contributed by atoms with Gasteiger partial charge in [0.2, 0.25) is 30.6 Å². The van der Waals surface area contributed by atoms with Crippen LogP contribution < -0.4 is 0 Å². The van der Waals surface area contributed by atoms with Crippen molar-refractivity contribution in [2.45, 2.75) is 28.4 Å². The zero-order valence-electron chi connectivity index (χ0n) is 14.6. The fourth-order valence-corrected chi connectivity index (χ4v) is 5.62. The van der Waals surface area contributed by atoms with Gasteiger partial charge in [-0.2, -0.15) is 4.98 Å². The van der Waals surface area contributed by atoms with Crippen LogP contribution in [0, 0.1) is 11.6 Å². The Morgan fingerprint density at radius 2 is 1.64 bits per heavy atom. The number of benzene rings is 2. The third-order valence-electron chi connectivity index (χ3n) is 3.80. The Balaban J connectivity index is 2.26. The molecule has 0 atom stereocenters. The first-order chi connectivity index (χ1) is 13.2. The molecule has 0 spiro atoms. The first-order valence-electron chi connectivity index (χ1n) is 8.16. The van der Waals surface area contributed by atoms with Gasteiger partial charge in [0, 0.05) is 5.56 Å². The summed E-state index contributed by atoms with van der Waals surface area (Å²) in [7, 11) is -8.70. The van der Waals surface area contributed by atoms with Gasteiger partial charge in [-0.25, -0.2) is 25.6 Å². The van der Waals surface area contributed by atoms with E-state index in [1.807, 2.05) is 0 Å². The van der Waals surface area contributed by atoms with E-state index in [1.54, 1.807) is 37.3 Å². The highest BCUT2D eigenvalue weighted by molar-refractivity contribution is 7.94. The lowest BCUT2D eigenvalue weighted by Gasteiger charge is -2.04. The van der Waals surface area contributed by atoms with E-state index in [9.17, 15) is 25.6 Å². The zero-order valence-corrected chi connectivity index (χ0v) is 16.2. The van der Waals surface area contributed by atoms with Crippen LogP contribution in [0.5, 0.6) is 0 Å². The van der Waals surface area contributed by atoms with Crippen molar-refractivity contribution in [3.63, 3.8) is 0 Å². The lowest BCUT2D eigenvalue weighted by Crippen LogP contribution is -2.12. The van der Waals surface area contributed by atoms with Gasteiger partial charge in [0.25, 0.3) is 5.09 Å². The summed E-state index contributed by atoms with van der Waals surface area (Å²) in [5, 5.41) is -1.68. The van der Waals surface area contributed by atoms with E-state index in [0.29, 0.717) is 17.7 Å². The standard InChI is InChI=1S/C18H15F2NO5S2/c1-2-10-27(22,23)18-17(21-16(26-18)12-6-4-3-5-7-12)28(24,25)13-8-9-14(19)15(20)11-13/h3-9,11H,2,10H2,1H3. The molecule has 0 unspecified atom stereocenters. The first-order valence-corrected chi connectivity index (χ1v) is 11.3. The predicted octanol–water partition coefficient (Wildman–Crippen LogP) is 3.64. The third kappa shape index (κ3) is 3.69. The summed E-state index contributed by atoms with van der Waals surface area (Å²) in [6, 6.07) is 10.1. The molecule has 0 N–H and O–H groups in total. The number of hydrogen-bond acceptors (Lipinski definition) is 6. The van der Waals surface area contributed by atoms with Crippen LogP contribution in [-0.2, 0) is 19.7 Å². The van der Waals surface area contributed by atoms with Crippen molar-refractivity contribution in [1.82, 2.24) is 4.98 Å². The fraction of sp³-hybridized carbons (Fsp3) is 0.167. The monoisotopic (exact) mass is 427 g/mol. The number of nitrogens with zero attached hydrogens (tertiary/aromatic N) is 1. The molecule has 3 rings (SSSR count). The van der Waals surface area contributed by atoms with Gasteiger partial charge < -0.3 is 4.42 Å². The molecular weight excluding hydrogens is 412 g/mol. The van der Waals surface area contributed by atoms with Crippen molar-refractivity contribution in [3.8, 4) is 11.5 Å². The summed E-state index contributed by atoms with van der Waals surface area (Å²) < 4.78 is 83.1. The lowest BCUT2D eigenvalue weighted by atomic mass is 10.2. The van der Waals surface area contributed by atoms with E-state index in [2.05, 4.69) is 4.98 Å². The Labute approximate surface area is 160 Å². The Hall–Kier alpha value is -2.59. The van der Waals surface area contributed by atoms with Gasteiger partial charge in [-0.3, -0.25) is 0 Å². The second-order valence-corrected chi connectivity index (χ2v) is 9.75. The van der Waals surface area contributed by atoms with Gasteiger partial charge in [-0.05, 0) is 36.8 Å². The SMILES string of the molecule is CCCS(=O)(=O)c1oc(-c2ccccc2)nc1S(=O)(=O)c1ccc(F)c(F)c1. The van der Waals surface area contributed by atoms with Crippen LogP contribution in [0.15, 0.2) is 68.0 Å². The zero-order chi connectivity index (χ0) is 20.5. The Morgan fingerprint density at radius 1 is 0.964 bits per heavy atom. The van der Waals surface area contributed by atoms with Gasteiger partial charge >= 0.3 is 0 Å². The fourth-order valence-electron chi connectivity index (χ4n) is 2.48. The molecule has 2 aromatic carbocycles. The van der Waals surface area contributed by atoms with E-state index in [1.165, 1.54) is 0 Å². The van der Waals surface area contributed by atoms with Crippen molar-refractivity contribution in [2.75, 3.05) is 5.75 Å². The number of halogens is 2. The van der Waals surface area contributed by atoms with Crippen LogP contribution in [-0.4, -0.2) is 27.6 Å². The van der Waals surface area contributed by atoms with E-state index in [0.717, 1.165) is 6.07 Å². The molecule has 0 aliphatic carbocycles. The number of oxazole rings is 1. The van der Waals surface area contributed by atoms with Gasteiger partial charge in [-0.1, -0.05) is 25.1 Å². The molecule has 1 aromatic heterocycles. The summed E-state index contributed by atoms with van der Waals surface area (Å²) >= 11 is 0. The molecule has 0 aliphatic rings. The molecule has 0 fully saturated rings. The van der Waals surface area contributed by atoms with Crippen LogP contribution in [0.4, 0.5) is 8.78 Å². The maximum atomic E-state index is 13.5. The van der Waals surface area contributed by atoms with Crippen LogP contribution in [0.1, 0.15) is 13.3 Å². The van der Waals surface area contributed by atoms with Crippen molar-refractivity contribution in [1.29, 1.82) is 0 Å². The smallest absolute Gasteiger partial charge is 0.258 e. The molecule has 10 heteroatoms. The summed E-state index contributed by atoms with van der Waals surface area (Å²) in [5.41, 5.74) is 0.363. The molecule has 6 nitrogen and oxygen atoms in total. The lowest BCUT2D eigenvalue weighted by molar-refractivity contribution is 0.444. The molecule has 0 aliphatic heterocycles. The quantitative estimate of drug-likeness (QED) is 0.558. The second kappa shape index (κ2) is 7.44. The summed E-state index contributed by atoms with van der Waals surface area (Å²) in [6.07, 6.45) is 0.217. The van der Waals surface area contributed by atoms with Gasteiger partial charge in [0.05, 0.1) is 10.6 Å². The van der Waals surface area contributed by atoms with E-state index < -0.39 is 46.3 Å². The van der Waals surface area contributed by atoms with Crippen molar-refractivity contribution in [2.24, 2.45) is 0 Å². The minimum absolute atomic E-state index is 0.212. The highest BCUT2D eigenvalue weighted by Crippen LogP contribution is 2.32. The van der Waals surface area contributed by atoms with Gasteiger partial charge in [0.15, 0.2) is 11.6 Å².